The summed E-state index contributed by atoms with van der Waals surface area (Å²) < 4.78 is 22.7. The van der Waals surface area contributed by atoms with E-state index < -0.39 is 6.04 Å². The number of nitrogens with zero attached hydrogens (tertiary/aromatic N) is 1. The number of hydrogen-bond donors (Lipinski definition) is 0. The van der Waals surface area contributed by atoms with E-state index in [0.29, 0.717) is 47.6 Å². The molecule has 0 fully saturated rings. The average molecular weight is 466 g/mol. The maximum absolute atomic E-state index is 13.8. The minimum absolute atomic E-state index is 0.104. The largest absolute Gasteiger partial charge is 0.493 e. The number of rotatable bonds is 8. The second-order valence-electron chi connectivity index (χ2n) is 8.92. The zero-order valence-electron chi connectivity index (χ0n) is 20.6. The van der Waals surface area contributed by atoms with Crippen molar-refractivity contribution in [2.45, 2.75) is 46.3 Å². The molecule has 2 heterocycles. The molecule has 180 valence electrons. The topological polar surface area (TPSA) is 78.2 Å². The fraction of sp³-hybridized carbons (Fsp3) is 0.407. The number of ether oxygens (including phenoxy) is 3. The van der Waals surface area contributed by atoms with Gasteiger partial charge in [0.25, 0.3) is 5.91 Å². The molecule has 0 saturated heterocycles. The van der Waals surface area contributed by atoms with Crippen LogP contribution in [0, 0.1) is 13.8 Å². The molecule has 4 rings (SSSR count). The normalized spacial score (nSPS) is 15.3. The van der Waals surface area contributed by atoms with E-state index in [-0.39, 0.29) is 23.2 Å². The van der Waals surface area contributed by atoms with Crippen LogP contribution < -0.4 is 14.9 Å². The summed E-state index contributed by atoms with van der Waals surface area (Å²) in [6.45, 7) is 8.71. The molecule has 1 aliphatic heterocycles. The number of amides is 1. The third-order valence-corrected chi connectivity index (χ3v) is 6.13. The Bertz CT molecular complexity index is 1290. The summed E-state index contributed by atoms with van der Waals surface area (Å²) in [6.07, 6.45) is 0.737. The number of carbonyl (C=O) groups excluding carboxylic acids is 1. The first-order valence-corrected chi connectivity index (χ1v) is 11.5. The van der Waals surface area contributed by atoms with Crippen molar-refractivity contribution in [2.24, 2.45) is 0 Å². The van der Waals surface area contributed by atoms with E-state index in [0.717, 1.165) is 16.7 Å². The third-order valence-electron chi connectivity index (χ3n) is 6.13. The van der Waals surface area contributed by atoms with Crippen LogP contribution in [0.3, 0.4) is 0 Å². The molecule has 7 heteroatoms. The fourth-order valence-corrected chi connectivity index (χ4v) is 4.67. The van der Waals surface area contributed by atoms with Gasteiger partial charge in [-0.05, 0) is 69.0 Å². The first-order chi connectivity index (χ1) is 16.3. The van der Waals surface area contributed by atoms with E-state index in [2.05, 4.69) is 0 Å². The molecule has 1 aliphatic rings. The Balaban J connectivity index is 1.88. The zero-order chi connectivity index (χ0) is 24.6. The molecule has 3 aromatic rings. The average Bonchev–Trinajstić information content (AvgIpc) is 3.07. The van der Waals surface area contributed by atoms with Crippen molar-refractivity contribution in [2.75, 3.05) is 27.4 Å². The van der Waals surface area contributed by atoms with Gasteiger partial charge in [0.05, 0.1) is 37.3 Å². The molecule has 1 aromatic heterocycles. The Morgan fingerprint density at radius 1 is 1.03 bits per heavy atom. The van der Waals surface area contributed by atoms with Crippen LogP contribution in [0.5, 0.6) is 11.5 Å². The van der Waals surface area contributed by atoms with Crippen molar-refractivity contribution < 1.29 is 23.4 Å². The van der Waals surface area contributed by atoms with Crippen LogP contribution in [0.25, 0.3) is 11.0 Å². The van der Waals surface area contributed by atoms with Crippen molar-refractivity contribution in [3.8, 4) is 11.5 Å². The second kappa shape index (κ2) is 9.50. The summed E-state index contributed by atoms with van der Waals surface area (Å²) in [4.78, 5) is 29.0. The van der Waals surface area contributed by atoms with Gasteiger partial charge in [-0.2, -0.15) is 0 Å². The molecule has 0 aliphatic carbocycles. The van der Waals surface area contributed by atoms with E-state index in [1.807, 2.05) is 52.0 Å². The molecule has 0 spiro atoms. The molecule has 0 saturated carbocycles. The Hall–Kier alpha value is -3.32. The third kappa shape index (κ3) is 4.16. The fourth-order valence-electron chi connectivity index (χ4n) is 4.67. The van der Waals surface area contributed by atoms with Crippen LogP contribution in [0.2, 0.25) is 0 Å². The molecule has 0 bridgehead atoms. The van der Waals surface area contributed by atoms with Crippen molar-refractivity contribution in [1.82, 2.24) is 4.90 Å². The van der Waals surface area contributed by atoms with Crippen LogP contribution in [0.1, 0.15) is 59.1 Å². The van der Waals surface area contributed by atoms with Gasteiger partial charge in [0.15, 0.2) is 16.9 Å². The molecular weight excluding hydrogens is 434 g/mol. The van der Waals surface area contributed by atoms with Gasteiger partial charge in [0.2, 0.25) is 5.76 Å². The zero-order valence-corrected chi connectivity index (χ0v) is 20.6. The molecule has 7 nitrogen and oxygen atoms in total. The quantitative estimate of drug-likeness (QED) is 0.445. The van der Waals surface area contributed by atoms with Crippen molar-refractivity contribution in [1.29, 1.82) is 0 Å². The van der Waals surface area contributed by atoms with Crippen LogP contribution in [-0.2, 0) is 4.74 Å². The monoisotopic (exact) mass is 465 g/mol. The van der Waals surface area contributed by atoms with Crippen LogP contribution in [0.4, 0.5) is 0 Å². The highest BCUT2D eigenvalue weighted by Crippen LogP contribution is 2.41. The van der Waals surface area contributed by atoms with E-state index in [9.17, 15) is 9.59 Å². The van der Waals surface area contributed by atoms with E-state index in [1.54, 1.807) is 25.2 Å². The first-order valence-electron chi connectivity index (χ1n) is 11.5. The minimum atomic E-state index is -0.595. The molecule has 34 heavy (non-hydrogen) atoms. The molecule has 1 amide bonds. The first kappa shape index (κ1) is 23.8. The molecule has 0 N–H and O–H groups in total. The van der Waals surface area contributed by atoms with Gasteiger partial charge in [-0.15, -0.1) is 0 Å². The van der Waals surface area contributed by atoms with Crippen molar-refractivity contribution in [3.63, 3.8) is 0 Å². The van der Waals surface area contributed by atoms with Gasteiger partial charge in [0.1, 0.15) is 5.58 Å². The summed E-state index contributed by atoms with van der Waals surface area (Å²) in [7, 11) is 3.13. The Morgan fingerprint density at radius 2 is 1.76 bits per heavy atom. The highest BCUT2D eigenvalue weighted by molar-refractivity contribution is 5.99. The number of methoxy groups -OCH3 is 2. The van der Waals surface area contributed by atoms with E-state index >= 15 is 0 Å². The van der Waals surface area contributed by atoms with Crippen LogP contribution in [0.15, 0.2) is 39.5 Å². The van der Waals surface area contributed by atoms with Gasteiger partial charge in [-0.1, -0.05) is 12.1 Å². The highest BCUT2D eigenvalue weighted by Gasteiger charge is 2.42. The number of carbonyl (C=O) groups is 1. The Labute approximate surface area is 199 Å². The van der Waals surface area contributed by atoms with Gasteiger partial charge >= 0.3 is 0 Å². The summed E-state index contributed by atoms with van der Waals surface area (Å²) >= 11 is 0. The number of hydrogen-bond acceptors (Lipinski definition) is 6. The summed E-state index contributed by atoms with van der Waals surface area (Å²) in [5, 5.41) is 0.507. The lowest BCUT2D eigenvalue weighted by Crippen LogP contribution is -2.31. The summed E-state index contributed by atoms with van der Waals surface area (Å²) in [6, 6.07) is 8.62. The summed E-state index contributed by atoms with van der Waals surface area (Å²) in [5.74, 6) is 0.912. The predicted octanol–water partition coefficient (Wildman–Crippen LogP) is 4.79. The SMILES string of the molecule is COc1ccc([C@H]2c3c(oc4cc(C)cc(C)c4c3=O)C(=O)N2CCCOC(C)C)cc1OC. The summed E-state index contributed by atoms with van der Waals surface area (Å²) in [5.41, 5.74) is 3.17. The van der Waals surface area contributed by atoms with E-state index in [1.165, 1.54) is 0 Å². The minimum Gasteiger partial charge on any atom is -0.493 e. The molecule has 1 atom stereocenters. The molecule has 2 aromatic carbocycles. The maximum Gasteiger partial charge on any atom is 0.290 e. The standard InChI is InChI=1S/C27H31NO6/c1-15(2)33-11-7-10-28-24(18-8-9-19(31-5)20(14-18)32-6)23-25(29)22-17(4)12-16(3)13-21(22)34-26(23)27(28)30/h8-9,12-15,24H,7,10-11H2,1-6H3/t24-/m0/s1. The number of fused-ring (bicyclic) bond motifs is 2. The maximum atomic E-state index is 13.8. The van der Waals surface area contributed by atoms with Gasteiger partial charge in [-0.25, -0.2) is 0 Å². The van der Waals surface area contributed by atoms with Crippen molar-refractivity contribution >= 4 is 16.9 Å². The predicted molar refractivity (Wildman–Crippen MR) is 130 cm³/mol. The smallest absolute Gasteiger partial charge is 0.290 e. The molecule has 0 unspecified atom stereocenters. The van der Waals surface area contributed by atoms with Crippen molar-refractivity contribution in [3.05, 3.63) is 68.6 Å². The lowest BCUT2D eigenvalue weighted by atomic mass is 9.96. The lowest BCUT2D eigenvalue weighted by molar-refractivity contribution is 0.0593. The lowest BCUT2D eigenvalue weighted by Gasteiger charge is -2.26. The Morgan fingerprint density at radius 3 is 2.44 bits per heavy atom. The van der Waals surface area contributed by atoms with Crippen LogP contribution in [-0.4, -0.2) is 44.3 Å². The molecule has 0 radical (unpaired) electrons. The van der Waals surface area contributed by atoms with E-state index in [4.69, 9.17) is 18.6 Å². The Kier molecular flexibility index (Phi) is 6.66. The van der Waals surface area contributed by atoms with Gasteiger partial charge in [-0.3, -0.25) is 9.59 Å². The number of aryl methyl sites for hydroxylation is 2. The van der Waals surface area contributed by atoms with Gasteiger partial charge in [0, 0.05) is 13.2 Å². The van der Waals surface area contributed by atoms with Crippen LogP contribution >= 0.6 is 0 Å². The highest BCUT2D eigenvalue weighted by atomic mass is 16.5. The second-order valence-corrected chi connectivity index (χ2v) is 8.92. The molecular formula is C27H31NO6. The van der Waals surface area contributed by atoms with Gasteiger partial charge < -0.3 is 23.5 Å². The number of benzene rings is 2.